The average molecular weight is 316 g/mol. The number of amides is 2. The molecule has 0 spiro atoms. The molecule has 0 saturated carbocycles. The maximum Gasteiger partial charge on any atom is 0.407 e. The molecule has 1 heterocycles. The molecule has 5 nitrogen and oxygen atoms in total. The molecule has 0 aromatic rings. The molecular weight excluding hydrogens is 280 g/mol. The van der Waals surface area contributed by atoms with Crippen LogP contribution in [-0.2, 0) is 9.53 Å². The van der Waals surface area contributed by atoms with Crippen LogP contribution in [0.25, 0.3) is 0 Å². The molecule has 2 unspecified atom stereocenters. The Morgan fingerprint density at radius 2 is 1.77 bits per heavy atom. The van der Waals surface area contributed by atoms with Crippen LogP contribution in [0.2, 0.25) is 0 Å². The summed E-state index contributed by atoms with van der Waals surface area (Å²) in [5.74, 6) is 0.978. The van der Waals surface area contributed by atoms with Gasteiger partial charge in [-0.1, -0.05) is 48.5 Å². The molecule has 0 aromatic carbocycles. The Labute approximate surface area is 137 Å². The van der Waals surface area contributed by atoms with Gasteiger partial charge in [0.2, 0.25) is 5.91 Å². The summed E-state index contributed by atoms with van der Waals surface area (Å²) in [7, 11) is 1.31. The van der Waals surface area contributed by atoms with Crippen LogP contribution >= 0.6 is 0 Å². The third-order valence-corrected chi connectivity index (χ3v) is 4.00. The van der Waals surface area contributed by atoms with Crippen molar-refractivity contribution >= 4 is 12.0 Å². The first-order valence-electron chi connectivity index (χ1n) is 8.42. The monoisotopic (exact) mass is 316 g/mol. The Hall–Kier alpha value is -1.26. The molecule has 1 fully saturated rings. The summed E-state index contributed by atoms with van der Waals surface area (Å²) in [5.41, 5.74) is 0. The zero-order valence-corrected chi connectivity index (χ0v) is 15.5. The number of nitrogens with one attached hydrogen (secondary N) is 1. The number of methoxy groups -OCH3 is 1. The van der Waals surface area contributed by atoms with Crippen LogP contribution in [0.15, 0.2) is 0 Å². The standard InChI is InChI=1S/C15H28N2O3.C2H6.H2/c1-9(2)12-7-11(5)8-17(12)14(18)13(10(3)4)16-15(19)20-6;1-2;/h9-13H,7-8H2,1-6H3,(H,16,19);1-2H3;1H/t11?,12?,13-;;/m0../s1. The Morgan fingerprint density at radius 1 is 1.23 bits per heavy atom. The summed E-state index contributed by atoms with van der Waals surface area (Å²) in [5, 5.41) is 2.66. The van der Waals surface area contributed by atoms with E-state index in [1.165, 1.54) is 7.11 Å². The second kappa shape index (κ2) is 9.70. The largest absolute Gasteiger partial charge is 0.453 e. The Morgan fingerprint density at radius 3 is 2.18 bits per heavy atom. The van der Waals surface area contributed by atoms with Gasteiger partial charge in [0.1, 0.15) is 6.04 Å². The summed E-state index contributed by atoms with van der Waals surface area (Å²) in [6, 6.07) is -0.257. The molecule has 132 valence electrons. The van der Waals surface area contributed by atoms with Gasteiger partial charge in [-0.05, 0) is 24.2 Å². The molecule has 1 aliphatic heterocycles. The lowest BCUT2D eigenvalue weighted by Crippen LogP contribution is -2.53. The smallest absolute Gasteiger partial charge is 0.407 e. The normalized spacial score (nSPS) is 22.2. The van der Waals surface area contributed by atoms with E-state index in [9.17, 15) is 9.59 Å². The van der Waals surface area contributed by atoms with Crippen LogP contribution in [0.5, 0.6) is 0 Å². The van der Waals surface area contributed by atoms with Crippen molar-refractivity contribution in [3.05, 3.63) is 0 Å². The highest BCUT2D eigenvalue weighted by atomic mass is 16.5. The van der Waals surface area contributed by atoms with Crippen molar-refractivity contribution in [1.82, 2.24) is 10.2 Å². The predicted molar refractivity (Wildman–Crippen MR) is 91.7 cm³/mol. The average Bonchev–Trinajstić information content (AvgIpc) is 2.87. The van der Waals surface area contributed by atoms with Crippen LogP contribution in [0, 0.1) is 17.8 Å². The van der Waals surface area contributed by atoms with Crippen LogP contribution in [0.3, 0.4) is 0 Å². The number of hydrogen-bond acceptors (Lipinski definition) is 3. The summed E-state index contributed by atoms with van der Waals surface area (Å²) in [6.45, 7) is 15.1. The van der Waals surface area contributed by atoms with Crippen molar-refractivity contribution in [2.75, 3.05) is 13.7 Å². The van der Waals surface area contributed by atoms with E-state index >= 15 is 0 Å². The molecule has 3 atom stereocenters. The van der Waals surface area contributed by atoms with Gasteiger partial charge in [0, 0.05) is 14.0 Å². The van der Waals surface area contributed by atoms with Crippen molar-refractivity contribution in [2.24, 2.45) is 17.8 Å². The second-order valence-corrected chi connectivity index (χ2v) is 6.50. The van der Waals surface area contributed by atoms with E-state index in [0.717, 1.165) is 13.0 Å². The third kappa shape index (κ3) is 5.50. The number of nitrogens with zero attached hydrogens (tertiary/aromatic N) is 1. The number of likely N-dealkylation sites (tertiary alicyclic amines) is 1. The van der Waals surface area contributed by atoms with E-state index in [4.69, 9.17) is 0 Å². The van der Waals surface area contributed by atoms with E-state index in [2.05, 4.69) is 30.8 Å². The van der Waals surface area contributed by atoms with Gasteiger partial charge in [-0.2, -0.15) is 0 Å². The summed E-state index contributed by atoms with van der Waals surface area (Å²) in [6.07, 6.45) is 0.484. The number of ether oxygens (including phenoxy) is 1. The van der Waals surface area contributed by atoms with Crippen LogP contribution < -0.4 is 5.32 Å². The Bertz CT molecular complexity index is 362. The van der Waals surface area contributed by atoms with Gasteiger partial charge >= 0.3 is 6.09 Å². The lowest BCUT2D eigenvalue weighted by Gasteiger charge is -2.32. The first-order valence-corrected chi connectivity index (χ1v) is 8.42. The summed E-state index contributed by atoms with van der Waals surface area (Å²) < 4.78 is 4.62. The second-order valence-electron chi connectivity index (χ2n) is 6.50. The summed E-state index contributed by atoms with van der Waals surface area (Å²) >= 11 is 0. The number of carbonyl (C=O) groups is 2. The van der Waals surface area contributed by atoms with Gasteiger partial charge in [0.05, 0.1) is 7.11 Å². The Kier molecular flexibility index (Phi) is 9.14. The summed E-state index contributed by atoms with van der Waals surface area (Å²) in [4.78, 5) is 26.1. The zero-order chi connectivity index (χ0) is 17.4. The van der Waals surface area contributed by atoms with Crippen molar-refractivity contribution in [1.29, 1.82) is 0 Å². The van der Waals surface area contributed by atoms with E-state index in [0.29, 0.717) is 11.8 Å². The molecule has 1 N–H and O–H groups in total. The van der Waals surface area contributed by atoms with Gasteiger partial charge in [-0.15, -0.1) is 0 Å². The van der Waals surface area contributed by atoms with E-state index in [1.807, 2.05) is 32.6 Å². The topological polar surface area (TPSA) is 58.6 Å². The van der Waals surface area contributed by atoms with Crippen LogP contribution in [0.1, 0.15) is 56.3 Å². The first kappa shape index (κ1) is 20.7. The van der Waals surface area contributed by atoms with Crippen LogP contribution in [-0.4, -0.2) is 42.6 Å². The lowest BCUT2D eigenvalue weighted by molar-refractivity contribution is -0.136. The Balaban J connectivity index is 0. The quantitative estimate of drug-likeness (QED) is 0.863. The maximum atomic E-state index is 12.8. The number of alkyl carbamates (subject to hydrolysis) is 1. The van der Waals surface area contributed by atoms with Gasteiger partial charge < -0.3 is 15.0 Å². The van der Waals surface area contributed by atoms with Crippen molar-refractivity contribution in [3.8, 4) is 0 Å². The van der Waals surface area contributed by atoms with Gasteiger partial charge in [-0.25, -0.2) is 4.79 Å². The van der Waals surface area contributed by atoms with E-state index in [-0.39, 0.29) is 19.3 Å². The van der Waals surface area contributed by atoms with Crippen molar-refractivity contribution < 1.29 is 15.8 Å². The molecule has 1 rings (SSSR count). The molecule has 0 aliphatic carbocycles. The molecule has 0 radical (unpaired) electrons. The fourth-order valence-corrected chi connectivity index (χ4v) is 2.85. The first-order chi connectivity index (χ1) is 10.3. The van der Waals surface area contributed by atoms with Crippen LogP contribution in [0.4, 0.5) is 4.79 Å². The lowest BCUT2D eigenvalue weighted by atomic mass is 9.97. The molecule has 1 aliphatic rings. The predicted octanol–water partition coefficient (Wildman–Crippen LogP) is 3.53. The zero-order valence-electron chi connectivity index (χ0n) is 15.5. The van der Waals surface area contributed by atoms with Crippen molar-refractivity contribution in [3.63, 3.8) is 0 Å². The SMILES string of the molecule is CC.COC(=O)N[C@H](C(=O)N1CC(C)CC1C(C)C)C(C)C.[HH]. The molecule has 22 heavy (non-hydrogen) atoms. The molecular formula is C17H36N2O3. The minimum Gasteiger partial charge on any atom is -0.453 e. The minimum atomic E-state index is -0.551. The van der Waals surface area contributed by atoms with Gasteiger partial charge in [0.25, 0.3) is 0 Å². The molecule has 0 bridgehead atoms. The third-order valence-electron chi connectivity index (χ3n) is 4.00. The highest BCUT2D eigenvalue weighted by Gasteiger charge is 2.39. The maximum absolute atomic E-state index is 12.8. The fourth-order valence-electron chi connectivity index (χ4n) is 2.85. The number of hydrogen-bond donors (Lipinski definition) is 1. The van der Waals surface area contributed by atoms with Gasteiger partial charge in [-0.3, -0.25) is 4.79 Å². The molecule has 0 aromatic heterocycles. The molecule has 1 saturated heterocycles. The molecule has 2 amide bonds. The van der Waals surface area contributed by atoms with Gasteiger partial charge in [0.15, 0.2) is 0 Å². The highest BCUT2D eigenvalue weighted by molar-refractivity contribution is 5.86. The highest BCUT2D eigenvalue weighted by Crippen LogP contribution is 2.29. The van der Waals surface area contributed by atoms with E-state index in [1.54, 1.807) is 0 Å². The minimum absolute atomic E-state index is 0. The number of rotatable bonds is 4. The van der Waals surface area contributed by atoms with E-state index < -0.39 is 12.1 Å². The van der Waals surface area contributed by atoms with Crippen molar-refractivity contribution in [2.45, 2.75) is 67.0 Å². The molecule has 5 heteroatoms. The fraction of sp³-hybridized carbons (Fsp3) is 0.882. The number of carbonyl (C=O) groups excluding carboxylic acids is 2.